The third-order valence-electron chi connectivity index (χ3n) is 3.73. The zero-order valence-corrected chi connectivity index (χ0v) is 14.4. The minimum Gasteiger partial charge on any atom is -0.543 e. The first-order valence-electron chi connectivity index (χ1n) is 7.95. The molecule has 1 N–H and O–H groups in total. The second-order valence-electron chi connectivity index (χ2n) is 5.54. The molecule has 0 radical (unpaired) electrons. The minimum atomic E-state index is -1.85. The molecular formula is C17H27NO2Si. The molecule has 0 atom stereocenters. The van der Waals surface area contributed by atoms with Crippen molar-refractivity contribution in [3.8, 4) is 5.75 Å². The van der Waals surface area contributed by atoms with Crippen LogP contribution in [0.1, 0.15) is 50.4 Å². The van der Waals surface area contributed by atoms with Crippen LogP contribution in [-0.4, -0.2) is 20.3 Å². The Balaban J connectivity index is 3.13. The predicted molar refractivity (Wildman–Crippen MR) is 91.2 cm³/mol. The summed E-state index contributed by atoms with van der Waals surface area (Å²) < 4.78 is 6.49. The van der Waals surface area contributed by atoms with Gasteiger partial charge in [0.1, 0.15) is 5.75 Å². The topological polar surface area (TPSA) is 50.2 Å². The summed E-state index contributed by atoms with van der Waals surface area (Å²) in [6.07, 6.45) is 4.22. The second kappa shape index (κ2) is 8.77. The monoisotopic (exact) mass is 305 g/mol. The van der Waals surface area contributed by atoms with Crippen LogP contribution in [0.3, 0.4) is 0 Å². The largest absolute Gasteiger partial charge is 0.543 e. The van der Waals surface area contributed by atoms with E-state index in [0.29, 0.717) is 11.3 Å². The number of nitrogens with one attached hydrogen (secondary N) is 1. The number of carbonyl (C=O) groups excluding carboxylic acids is 1. The van der Waals surface area contributed by atoms with Crippen LogP contribution in [0.15, 0.2) is 24.3 Å². The summed E-state index contributed by atoms with van der Waals surface area (Å²) in [5.41, 5.74) is 0.521. The number of para-hydroxylation sites is 1. The van der Waals surface area contributed by atoms with Crippen LogP contribution in [0, 0.1) is 5.41 Å². The molecular weight excluding hydrogens is 278 g/mol. The molecule has 0 amide bonds. The molecule has 116 valence electrons. The van der Waals surface area contributed by atoms with Crippen molar-refractivity contribution in [3.05, 3.63) is 29.8 Å². The van der Waals surface area contributed by atoms with Crippen LogP contribution in [0.5, 0.6) is 5.75 Å². The summed E-state index contributed by atoms with van der Waals surface area (Å²) in [5, 5.41) is 7.20. The number of hydrogen-bond acceptors (Lipinski definition) is 3. The summed E-state index contributed by atoms with van der Waals surface area (Å²) in [5.74, 6) is 0.394. The number of rotatable bonds is 10. The van der Waals surface area contributed by atoms with Gasteiger partial charge in [-0.05, 0) is 30.3 Å². The molecule has 0 heterocycles. The maximum Gasteiger partial charge on any atom is 0.251 e. The molecule has 21 heavy (non-hydrogen) atoms. The van der Waals surface area contributed by atoms with E-state index in [9.17, 15) is 4.79 Å². The molecule has 0 spiro atoms. The first-order valence-corrected chi connectivity index (χ1v) is 10.5. The summed E-state index contributed by atoms with van der Waals surface area (Å²) in [4.78, 5) is 11.9. The lowest BCUT2D eigenvalue weighted by Crippen LogP contribution is -2.41. The van der Waals surface area contributed by atoms with Crippen molar-refractivity contribution in [1.82, 2.24) is 0 Å². The van der Waals surface area contributed by atoms with Crippen LogP contribution in [0.2, 0.25) is 18.1 Å². The zero-order valence-electron chi connectivity index (χ0n) is 13.4. The van der Waals surface area contributed by atoms with Gasteiger partial charge in [-0.25, -0.2) is 0 Å². The van der Waals surface area contributed by atoms with E-state index in [4.69, 9.17) is 9.84 Å². The highest BCUT2D eigenvalue weighted by atomic mass is 28.4. The Morgan fingerprint density at radius 2 is 1.62 bits per heavy atom. The standard InChI is InChI=1S/C17H27NO2Si/c1-4-11-21(12-5-2,13-6-3)20-17-10-8-7-9-15(17)16(19)14-18/h7-10,14,18H,4-6,11-13H2,1-3H3. The van der Waals surface area contributed by atoms with Crippen LogP contribution in [0.25, 0.3) is 0 Å². The fraction of sp³-hybridized carbons (Fsp3) is 0.529. The molecule has 0 saturated heterocycles. The third-order valence-corrected chi connectivity index (χ3v) is 8.61. The predicted octanol–water partition coefficient (Wildman–Crippen LogP) is 5.07. The van der Waals surface area contributed by atoms with E-state index in [2.05, 4.69) is 20.8 Å². The maximum absolute atomic E-state index is 11.9. The Hall–Kier alpha value is -1.42. The quantitative estimate of drug-likeness (QED) is 0.372. The van der Waals surface area contributed by atoms with Crippen molar-refractivity contribution < 1.29 is 9.22 Å². The molecule has 0 aliphatic carbocycles. The lowest BCUT2D eigenvalue weighted by molar-refractivity contribution is 0.106. The highest BCUT2D eigenvalue weighted by Gasteiger charge is 2.35. The van der Waals surface area contributed by atoms with Gasteiger partial charge in [0.15, 0.2) is 0 Å². The molecule has 0 unspecified atom stereocenters. The Morgan fingerprint density at radius 3 is 2.10 bits per heavy atom. The number of Topliss-reactive ketones (excluding diaryl/α,β-unsaturated/α-hetero) is 1. The van der Waals surface area contributed by atoms with E-state index in [0.717, 1.165) is 43.6 Å². The number of benzene rings is 1. The molecule has 0 aliphatic rings. The molecule has 0 aromatic heterocycles. The van der Waals surface area contributed by atoms with Gasteiger partial charge in [0, 0.05) is 0 Å². The third kappa shape index (κ3) is 4.81. The first-order chi connectivity index (χ1) is 10.1. The van der Waals surface area contributed by atoms with Crippen LogP contribution in [-0.2, 0) is 0 Å². The van der Waals surface area contributed by atoms with Crippen molar-refractivity contribution in [2.45, 2.75) is 58.2 Å². The molecule has 1 rings (SSSR count). The first kappa shape index (κ1) is 17.6. The van der Waals surface area contributed by atoms with E-state index >= 15 is 0 Å². The lowest BCUT2D eigenvalue weighted by atomic mass is 10.1. The molecule has 0 fully saturated rings. The molecule has 1 aromatic carbocycles. The van der Waals surface area contributed by atoms with Gasteiger partial charge in [-0.2, -0.15) is 0 Å². The fourth-order valence-corrected chi connectivity index (χ4v) is 7.40. The average Bonchev–Trinajstić information content (AvgIpc) is 2.48. The fourth-order valence-electron chi connectivity index (χ4n) is 2.97. The summed E-state index contributed by atoms with van der Waals surface area (Å²) >= 11 is 0. The van der Waals surface area contributed by atoms with Gasteiger partial charge in [-0.3, -0.25) is 4.79 Å². The molecule has 0 bridgehead atoms. The Labute approximate surface area is 129 Å². The van der Waals surface area contributed by atoms with Crippen LogP contribution >= 0.6 is 0 Å². The maximum atomic E-state index is 11.9. The molecule has 1 aromatic rings. The van der Waals surface area contributed by atoms with Crippen LogP contribution in [0.4, 0.5) is 0 Å². The summed E-state index contributed by atoms with van der Waals surface area (Å²) in [6, 6.07) is 10.7. The van der Waals surface area contributed by atoms with Crippen molar-refractivity contribution >= 4 is 20.3 Å². The van der Waals surface area contributed by atoms with Gasteiger partial charge in [0.05, 0.1) is 11.8 Å². The van der Waals surface area contributed by atoms with E-state index in [1.165, 1.54) is 0 Å². The van der Waals surface area contributed by atoms with Crippen LogP contribution < -0.4 is 4.43 Å². The van der Waals surface area contributed by atoms with Crippen molar-refractivity contribution in [2.24, 2.45) is 0 Å². The van der Waals surface area contributed by atoms with Crippen molar-refractivity contribution in [3.63, 3.8) is 0 Å². The SMILES string of the molecule is CCC[Si](CCC)(CCC)Oc1ccccc1C(=O)C=N. The van der Waals surface area contributed by atoms with Gasteiger partial charge < -0.3 is 9.84 Å². The molecule has 3 nitrogen and oxygen atoms in total. The van der Waals surface area contributed by atoms with Crippen molar-refractivity contribution in [1.29, 1.82) is 5.41 Å². The Morgan fingerprint density at radius 1 is 1.10 bits per heavy atom. The average molecular weight is 305 g/mol. The molecule has 0 aliphatic heterocycles. The molecule has 0 saturated carbocycles. The van der Waals surface area contributed by atoms with E-state index in [1.807, 2.05) is 18.2 Å². The van der Waals surface area contributed by atoms with Gasteiger partial charge in [0.2, 0.25) is 5.78 Å². The lowest BCUT2D eigenvalue weighted by Gasteiger charge is -2.32. The number of hydrogen-bond donors (Lipinski definition) is 1. The smallest absolute Gasteiger partial charge is 0.251 e. The summed E-state index contributed by atoms with van der Waals surface area (Å²) in [6.45, 7) is 6.60. The van der Waals surface area contributed by atoms with Crippen molar-refractivity contribution in [2.75, 3.05) is 0 Å². The van der Waals surface area contributed by atoms with E-state index in [1.54, 1.807) is 6.07 Å². The summed E-state index contributed by atoms with van der Waals surface area (Å²) in [7, 11) is -1.85. The van der Waals surface area contributed by atoms with Gasteiger partial charge in [0.25, 0.3) is 8.32 Å². The van der Waals surface area contributed by atoms with Gasteiger partial charge >= 0.3 is 0 Å². The Kier molecular flexibility index (Phi) is 7.36. The van der Waals surface area contributed by atoms with Gasteiger partial charge in [-0.1, -0.05) is 52.2 Å². The number of carbonyl (C=O) groups is 1. The zero-order chi connectivity index (χ0) is 15.7. The number of ketones is 1. The minimum absolute atomic E-state index is 0.280. The molecule has 4 heteroatoms. The normalized spacial score (nSPS) is 11.2. The Bertz CT molecular complexity index is 457. The highest BCUT2D eigenvalue weighted by Crippen LogP contribution is 2.31. The second-order valence-corrected chi connectivity index (χ2v) is 9.61. The highest BCUT2D eigenvalue weighted by molar-refractivity contribution is 6.74. The van der Waals surface area contributed by atoms with E-state index < -0.39 is 8.32 Å². The van der Waals surface area contributed by atoms with Gasteiger partial charge in [-0.15, -0.1) is 0 Å². The van der Waals surface area contributed by atoms with E-state index in [-0.39, 0.29) is 5.78 Å².